The van der Waals surface area contributed by atoms with Gasteiger partial charge in [0.15, 0.2) is 5.82 Å². The van der Waals surface area contributed by atoms with Crippen molar-refractivity contribution in [3.05, 3.63) is 41.0 Å². The maximum Gasteiger partial charge on any atom is 0.254 e. The third-order valence-corrected chi connectivity index (χ3v) is 5.76. The van der Waals surface area contributed by atoms with E-state index in [-0.39, 0.29) is 0 Å². The Morgan fingerprint density at radius 3 is 2.19 bits per heavy atom. The van der Waals surface area contributed by atoms with E-state index in [1.54, 1.807) is 18.3 Å². The largest absolute Gasteiger partial charge is 0.365 e. The van der Waals surface area contributed by atoms with Gasteiger partial charge in [-0.3, -0.25) is 9.48 Å². The highest BCUT2D eigenvalue weighted by Crippen LogP contribution is 2.46. The SMILES string of the molecule is C#N.NC(=O)c1cn(C2CCC(C3CC3)CC2)nc1Nc1ccc(Cl)cc1. The van der Waals surface area contributed by atoms with E-state index in [0.717, 1.165) is 30.4 Å². The van der Waals surface area contributed by atoms with Crippen molar-refractivity contribution in [3.8, 4) is 6.57 Å². The Bertz CT molecular complexity index is 802. The monoisotopic (exact) mass is 385 g/mol. The van der Waals surface area contributed by atoms with Crippen LogP contribution in [0.2, 0.25) is 5.02 Å². The number of amides is 1. The minimum atomic E-state index is -0.464. The van der Waals surface area contributed by atoms with Crippen LogP contribution in [0, 0.1) is 23.7 Å². The summed E-state index contributed by atoms with van der Waals surface area (Å²) in [5, 5.41) is 15.0. The summed E-state index contributed by atoms with van der Waals surface area (Å²) in [4.78, 5) is 11.8. The van der Waals surface area contributed by atoms with Crippen molar-refractivity contribution in [2.45, 2.75) is 44.6 Å². The van der Waals surface area contributed by atoms with Crippen LogP contribution in [0.15, 0.2) is 30.5 Å². The van der Waals surface area contributed by atoms with E-state index in [9.17, 15) is 4.79 Å². The van der Waals surface area contributed by atoms with Crippen LogP contribution in [-0.2, 0) is 0 Å². The lowest BCUT2D eigenvalue weighted by Crippen LogP contribution is -2.19. The Morgan fingerprint density at radius 1 is 1.11 bits per heavy atom. The van der Waals surface area contributed by atoms with E-state index < -0.39 is 5.91 Å². The Hall–Kier alpha value is -2.52. The molecule has 1 heterocycles. The van der Waals surface area contributed by atoms with Crippen LogP contribution in [-0.4, -0.2) is 15.7 Å². The van der Waals surface area contributed by atoms with Crippen molar-refractivity contribution in [3.63, 3.8) is 0 Å². The van der Waals surface area contributed by atoms with Crippen LogP contribution in [0.3, 0.4) is 0 Å². The first-order valence-corrected chi connectivity index (χ1v) is 9.65. The maximum atomic E-state index is 11.8. The average Bonchev–Trinajstić information content (AvgIpc) is 3.45. The molecule has 4 rings (SSSR count). The summed E-state index contributed by atoms with van der Waals surface area (Å²) < 4.78 is 1.93. The summed E-state index contributed by atoms with van der Waals surface area (Å²) in [5.74, 6) is 1.92. The Labute approximate surface area is 164 Å². The highest BCUT2D eigenvalue weighted by molar-refractivity contribution is 6.30. The van der Waals surface area contributed by atoms with Crippen molar-refractivity contribution < 1.29 is 4.79 Å². The van der Waals surface area contributed by atoms with Gasteiger partial charge in [-0.15, -0.1) is 0 Å². The number of nitrogens with two attached hydrogens (primary N) is 1. The van der Waals surface area contributed by atoms with Crippen LogP contribution in [0.4, 0.5) is 11.5 Å². The van der Waals surface area contributed by atoms with E-state index in [0.29, 0.717) is 22.4 Å². The lowest BCUT2D eigenvalue weighted by molar-refractivity contribution is 0.100. The van der Waals surface area contributed by atoms with Crippen molar-refractivity contribution in [2.75, 3.05) is 5.32 Å². The molecule has 7 heteroatoms. The summed E-state index contributed by atoms with van der Waals surface area (Å²) in [5.41, 5.74) is 6.81. The second-order valence-electron chi connectivity index (χ2n) is 7.27. The number of hydrogen-bond acceptors (Lipinski definition) is 4. The second kappa shape index (κ2) is 8.45. The molecule has 27 heavy (non-hydrogen) atoms. The third kappa shape index (κ3) is 4.61. The molecule has 0 radical (unpaired) electrons. The molecule has 0 bridgehead atoms. The molecular weight excluding hydrogens is 362 g/mol. The fourth-order valence-electron chi connectivity index (χ4n) is 3.93. The van der Waals surface area contributed by atoms with Crippen molar-refractivity contribution in [2.24, 2.45) is 17.6 Å². The number of nitrogens with one attached hydrogen (secondary N) is 1. The first-order chi connectivity index (χ1) is 13.1. The molecule has 2 aliphatic rings. The predicted octanol–water partition coefficient (Wildman–Crippen LogP) is 4.66. The molecule has 2 aliphatic carbocycles. The van der Waals surface area contributed by atoms with Crippen molar-refractivity contribution in [1.82, 2.24) is 9.78 Å². The zero-order valence-corrected chi connectivity index (χ0v) is 15.9. The minimum Gasteiger partial charge on any atom is -0.365 e. The topological polar surface area (TPSA) is 96.7 Å². The van der Waals surface area contributed by atoms with Gasteiger partial charge < -0.3 is 11.1 Å². The van der Waals surface area contributed by atoms with Gasteiger partial charge >= 0.3 is 0 Å². The molecule has 142 valence electrons. The van der Waals surface area contributed by atoms with Gasteiger partial charge in [0.05, 0.1) is 6.04 Å². The number of halogens is 1. The Balaban J connectivity index is 0.00000102. The minimum absolute atomic E-state index is 0.355. The van der Waals surface area contributed by atoms with E-state index in [1.165, 1.54) is 25.7 Å². The number of aromatic nitrogens is 2. The van der Waals surface area contributed by atoms with Gasteiger partial charge in [-0.05, 0) is 74.6 Å². The molecule has 0 saturated heterocycles. The average molecular weight is 386 g/mol. The molecule has 2 fully saturated rings. The summed E-state index contributed by atoms with van der Waals surface area (Å²) in [6.45, 7) is 3.50. The zero-order chi connectivity index (χ0) is 19.4. The van der Waals surface area contributed by atoms with E-state index in [2.05, 4.69) is 17.0 Å². The van der Waals surface area contributed by atoms with Gasteiger partial charge in [-0.25, -0.2) is 5.26 Å². The fraction of sp³-hybridized carbons (Fsp3) is 0.450. The Kier molecular flexibility index (Phi) is 6.02. The van der Waals surface area contributed by atoms with Crippen LogP contribution in [0.1, 0.15) is 54.9 Å². The van der Waals surface area contributed by atoms with E-state index >= 15 is 0 Å². The van der Waals surface area contributed by atoms with Crippen LogP contribution < -0.4 is 11.1 Å². The molecule has 1 aromatic heterocycles. The highest BCUT2D eigenvalue weighted by atomic mass is 35.5. The number of anilines is 2. The van der Waals surface area contributed by atoms with Crippen LogP contribution >= 0.6 is 11.6 Å². The lowest BCUT2D eigenvalue weighted by Gasteiger charge is -2.28. The molecule has 2 aromatic rings. The number of hydrogen-bond donors (Lipinski definition) is 2. The van der Waals surface area contributed by atoms with Crippen molar-refractivity contribution >= 4 is 29.0 Å². The van der Waals surface area contributed by atoms with Gasteiger partial charge in [0.25, 0.3) is 5.91 Å². The number of carbonyl (C=O) groups excluding carboxylic acids is 1. The molecule has 0 aliphatic heterocycles. The summed E-state index contributed by atoms with van der Waals surface area (Å²) in [6, 6.07) is 7.65. The summed E-state index contributed by atoms with van der Waals surface area (Å²) in [6.07, 6.45) is 9.41. The molecule has 1 aromatic carbocycles. The molecule has 0 spiro atoms. The van der Waals surface area contributed by atoms with E-state index in [4.69, 9.17) is 22.6 Å². The predicted molar refractivity (Wildman–Crippen MR) is 106 cm³/mol. The van der Waals surface area contributed by atoms with E-state index in [1.807, 2.05) is 16.8 Å². The molecule has 1 amide bonds. The van der Waals surface area contributed by atoms with Gasteiger partial charge in [0, 0.05) is 23.5 Å². The van der Waals surface area contributed by atoms with Gasteiger partial charge in [-0.2, -0.15) is 5.10 Å². The zero-order valence-electron chi connectivity index (χ0n) is 15.1. The number of primary amides is 1. The standard InChI is InChI=1S/C19H23ClN4O.CHN/c20-14-5-7-15(8-6-14)22-19-17(18(21)25)11-24(23-19)16-9-3-13(4-10-16)12-1-2-12;1-2/h5-8,11-13,16H,1-4,9-10H2,(H2,21,25)(H,22,23);1H. The number of rotatable bonds is 5. The third-order valence-electron chi connectivity index (χ3n) is 5.51. The first-order valence-electron chi connectivity index (χ1n) is 9.27. The highest BCUT2D eigenvalue weighted by Gasteiger charge is 2.34. The molecule has 3 N–H and O–H groups in total. The normalized spacial score (nSPS) is 21.7. The van der Waals surface area contributed by atoms with Crippen LogP contribution in [0.25, 0.3) is 0 Å². The number of carbonyl (C=O) groups is 1. The van der Waals surface area contributed by atoms with Crippen LogP contribution in [0.5, 0.6) is 0 Å². The molecule has 0 unspecified atom stereocenters. The lowest BCUT2D eigenvalue weighted by atomic mass is 9.83. The number of benzene rings is 1. The molecule has 6 nitrogen and oxygen atoms in total. The van der Waals surface area contributed by atoms with Gasteiger partial charge in [-0.1, -0.05) is 11.6 Å². The van der Waals surface area contributed by atoms with Gasteiger partial charge in [0.2, 0.25) is 0 Å². The molecule has 0 atom stereocenters. The second-order valence-corrected chi connectivity index (χ2v) is 7.71. The summed E-state index contributed by atoms with van der Waals surface area (Å²) >= 11 is 5.92. The maximum absolute atomic E-state index is 11.8. The number of nitriles is 1. The van der Waals surface area contributed by atoms with Crippen molar-refractivity contribution in [1.29, 1.82) is 5.26 Å². The molecular formula is C20H24ClN5O. The first kappa shape index (κ1) is 19.2. The Morgan fingerprint density at radius 2 is 1.67 bits per heavy atom. The number of nitrogens with zero attached hydrogens (tertiary/aromatic N) is 3. The summed E-state index contributed by atoms with van der Waals surface area (Å²) in [7, 11) is 0. The quantitative estimate of drug-likeness (QED) is 0.782. The smallest absolute Gasteiger partial charge is 0.254 e. The van der Waals surface area contributed by atoms with Gasteiger partial charge in [0.1, 0.15) is 5.56 Å². The fourth-order valence-corrected chi connectivity index (χ4v) is 4.05. The molecule has 2 saturated carbocycles.